The summed E-state index contributed by atoms with van der Waals surface area (Å²) in [4.78, 5) is 183. The zero-order chi connectivity index (χ0) is 69.7. The Morgan fingerprint density at radius 1 is 0.456 bits per heavy atom. The van der Waals surface area contributed by atoms with Gasteiger partial charge in [0.05, 0.1) is 6.61 Å². The molecule has 0 unspecified atom stereocenters. The molecule has 0 aliphatic carbocycles. The minimum Gasteiger partial charge on any atom is -0.480 e. The summed E-state index contributed by atoms with van der Waals surface area (Å²) < 4.78 is 5.49. The lowest BCUT2D eigenvalue weighted by Gasteiger charge is -2.41. The van der Waals surface area contributed by atoms with Crippen molar-refractivity contribution in [3.8, 4) is 0 Å². The molecule has 514 valence electrons. The average molecular weight is 1270 g/mol. The van der Waals surface area contributed by atoms with Crippen LogP contribution in [0.15, 0.2) is 12.2 Å². The zero-order valence-electron chi connectivity index (χ0n) is 58.8. The number of ether oxygens (including phenoxy) is 1. The molecular formula is C65H115N11O14. The van der Waals surface area contributed by atoms with Gasteiger partial charge in [0, 0.05) is 49.3 Å². The van der Waals surface area contributed by atoms with E-state index in [4.69, 9.17) is 4.74 Å². The van der Waals surface area contributed by atoms with Crippen molar-refractivity contribution in [2.45, 2.75) is 229 Å². The van der Waals surface area contributed by atoms with Gasteiger partial charge in [-0.05, 0) is 107 Å². The molecule has 0 radical (unpaired) electrons. The number of nitrogens with zero attached hydrogens (tertiary/aromatic N) is 7. The minimum absolute atomic E-state index is 0.0261. The van der Waals surface area contributed by atoms with Gasteiger partial charge in [0.15, 0.2) is 0 Å². The molecule has 1 saturated heterocycles. The van der Waals surface area contributed by atoms with Crippen LogP contribution in [0.1, 0.15) is 163 Å². The Morgan fingerprint density at radius 3 is 1.28 bits per heavy atom. The number of likely N-dealkylation sites (N-methyl/N-ethyl adjacent to an activating group) is 7. The molecule has 0 aromatic heterocycles. The van der Waals surface area contributed by atoms with Crippen molar-refractivity contribution in [2.75, 3.05) is 62.5 Å². The number of rotatable bonds is 19. The van der Waals surface area contributed by atoms with Gasteiger partial charge >= 0.3 is 5.97 Å². The first-order valence-corrected chi connectivity index (χ1v) is 32.1. The molecule has 1 aliphatic heterocycles. The van der Waals surface area contributed by atoms with Crippen LogP contribution in [0.3, 0.4) is 0 Å². The molecule has 12 atom stereocenters. The number of aliphatic carboxylic acids is 1. The van der Waals surface area contributed by atoms with E-state index in [9.17, 15) is 48.3 Å². The summed E-state index contributed by atoms with van der Waals surface area (Å²) in [5.74, 6) is -11.1. The van der Waals surface area contributed by atoms with E-state index < -0.39 is 162 Å². The smallest absolute Gasteiger partial charge is 0.329 e. The second-order valence-electron chi connectivity index (χ2n) is 27.2. The second kappa shape index (κ2) is 37.6. The molecule has 90 heavy (non-hydrogen) atoms. The molecule has 1 fully saturated rings. The Kier molecular flexibility index (Phi) is 34.0. The summed E-state index contributed by atoms with van der Waals surface area (Å²) in [7, 11) is 9.87. The van der Waals surface area contributed by atoms with E-state index >= 15 is 14.4 Å². The van der Waals surface area contributed by atoms with E-state index in [1.54, 1.807) is 34.6 Å². The highest BCUT2D eigenvalue weighted by Gasteiger charge is 2.45. The third-order valence-electron chi connectivity index (χ3n) is 16.7. The van der Waals surface area contributed by atoms with Crippen molar-refractivity contribution in [3.05, 3.63) is 12.2 Å². The van der Waals surface area contributed by atoms with Gasteiger partial charge in [-0.15, -0.1) is 0 Å². The van der Waals surface area contributed by atoms with Crippen LogP contribution in [0.2, 0.25) is 0 Å². The van der Waals surface area contributed by atoms with Crippen molar-refractivity contribution in [2.24, 2.45) is 41.4 Å². The standard InChI is InChI=1S/C65H115N11O14/c1-25-27-28-42(15)33-48-57(81)68-45(26-2)60(84)75(23)51(34-90-35-52(77)78)63(87)70(18)47(30-37(5)6)58(82)69-53(40(11)12)64(88)71(19)46(29-36(3)4)56(80)66-43(16)55(79)67-44(17)59(83)73(21)49(31-38(7)8)61(85)74(22)50(32-39(9)10)62(86)76(24)54(41(13)14)65(89)72(48)20/h25,27,36-51,53-54H,26,28-35H2,1-24H3,(H,66,80)(H,67,79)(H,68,81)(H,69,82)(H,77,78)/b27-25+/t42-,43-,44+,45+,46-,47+,48+,49+,50+,51-,53-,54+/m1/s1. The SMILES string of the molecule is C/C=C/C[C@@H](C)C[C@H]1C(=O)N[C@@H](CC)C(=O)N(C)[C@H](COCC(=O)O)C(=O)N(C)[C@@H](CC(C)C)C(=O)N[C@H](C(C)C)C(=O)N(C)[C@H](CC(C)C)C(=O)N[C@H](C)C(=O)N[C@@H](C)C(=O)N(C)[C@@H](CC(C)C)C(=O)N(C)[C@@H](CC(C)C)C(=O)N(C)[C@@H](C(C)C)C(=O)N1C. The van der Waals surface area contributed by atoms with Crippen LogP contribution in [0.25, 0.3) is 0 Å². The lowest BCUT2D eigenvalue weighted by atomic mass is 9.93. The number of amides is 11. The van der Waals surface area contributed by atoms with E-state index in [-0.39, 0.29) is 68.1 Å². The van der Waals surface area contributed by atoms with Crippen molar-refractivity contribution in [3.63, 3.8) is 0 Å². The molecule has 1 aliphatic rings. The highest BCUT2D eigenvalue weighted by molar-refractivity contribution is 6.00. The molecule has 0 spiro atoms. The first kappa shape index (κ1) is 81.4. The lowest BCUT2D eigenvalue weighted by molar-refractivity contribution is -0.156. The predicted molar refractivity (Wildman–Crippen MR) is 344 cm³/mol. The number of allylic oxidation sites excluding steroid dienone is 2. The first-order chi connectivity index (χ1) is 41.6. The zero-order valence-corrected chi connectivity index (χ0v) is 58.8. The molecule has 1 heterocycles. The summed E-state index contributed by atoms with van der Waals surface area (Å²) in [5, 5.41) is 20.6. The molecule has 0 aromatic rings. The van der Waals surface area contributed by atoms with Crippen molar-refractivity contribution >= 4 is 70.9 Å². The summed E-state index contributed by atoms with van der Waals surface area (Å²) in [5.41, 5.74) is 0. The molecule has 5 N–H and O–H groups in total. The van der Waals surface area contributed by atoms with Gasteiger partial charge in [-0.3, -0.25) is 52.7 Å². The van der Waals surface area contributed by atoms with Crippen LogP contribution < -0.4 is 21.3 Å². The van der Waals surface area contributed by atoms with Crippen molar-refractivity contribution in [1.82, 2.24) is 55.6 Å². The number of carboxylic acid groups (broad SMARTS) is 1. The predicted octanol–water partition coefficient (Wildman–Crippen LogP) is 3.77. The van der Waals surface area contributed by atoms with Crippen LogP contribution in [0.4, 0.5) is 0 Å². The van der Waals surface area contributed by atoms with Crippen LogP contribution in [0, 0.1) is 41.4 Å². The molecule has 11 amide bonds. The van der Waals surface area contributed by atoms with Gasteiger partial charge in [0.2, 0.25) is 65.0 Å². The fourth-order valence-electron chi connectivity index (χ4n) is 11.2. The maximum Gasteiger partial charge on any atom is 0.329 e. The van der Waals surface area contributed by atoms with Gasteiger partial charge in [-0.2, -0.15) is 0 Å². The van der Waals surface area contributed by atoms with E-state index in [1.807, 2.05) is 81.4 Å². The molecule has 1 rings (SSSR count). The van der Waals surface area contributed by atoms with E-state index in [0.29, 0.717) is 6.42 Å². The topological polar surface area (TPSA) is 305 Å². The number of hydrogen-bond acceptors (Lipinski definition) is 13. The lowest BCUT2D eigenvalue weighted by Crippen LogP contribution is -2.62. The van der Waals surface area contributed by atoms with Crippen LogP contribution >= 0.6 is 0 Å². The summed E-state index contributed by atoms with van der Waals surface area (Å²) in [6.07, 6.45) is 4.85. The van der Waals surface area contributed by atoms with Crippen LogP contribution in [-0.2, 0) is 62.3 Å². The Morgan fingerprint density at radius 2 is 0.833 bits per heavy atom. The van der Waals surface area contributed by atoms with Crippen LogP contribution in [-0.4, -0.2) is 239 Å². The Bertz CT molecular complexity index is 2490. The Labute approximate surface area is 537 Å². The largest absolute Gasteiger partial charge is 0.480 e. The molecule has 0 bridgehead atoms. The Balaban J connectivity index is 4.47. The van der Waals surface area contributed by atoms with Gasteiger partial charge < -0.3 is 65.4 Å². The highest BCUT2D eigenvalue weighted by Crippen LogP contribution is 2.26. The highest BCUT2D eigenvalue weighted by atomic mass is 16.5. The monoisotopic (exact) mass is 1270 g/mol. The first-order valence-electron chi connectivity index (χ1n) is 32.1. The molecule has 0 aromatic carbocycles. The van der Waals surface area contributed by atoms with Gasteiger partial charge in [0.25, 0.3) is 0 Å². The number of carbonyl (C=O) groups is 12. The fourth-order valence-corrected chi connectivity index (χ4v) is 11.2. The Hall–Kier alpha value is -6.66. The van der Waals surface area contributed by atoms with Gasteiger partial charge in [-0.1, -0.05) is 109 Å². The van der Waals surface area contributed by atoms with E-state index in [1.165, 1.54) is 87.7 Å². The third-order valence-corrected chi connectivity index (χ3v) is 16.7. The van der Waals surface area contributed by atoms with Crippen LogP contribution in [0.5, 0.6) is 0 Å². The van der Waals surface area contributed by atoms with Gasteiger partial charge in [-0.25, -0.2) is 4.79 Å². The summed E-state index contributed by atoms with van der Waals surface area (Å²) >= 11 is 0. The van der Waals surface area contributed by atoms with Crippen molar-refractivity contribution in [1.29, 1.82) is 0 Å². The average Bonchev–Trinajstić information content (AvgIpc) is 1.01. The van der Waals surface area contributed by atoms with Gasteiger partial charge in [0.1, 0.15) is 73.1 Å². The second-order valence-corrected chi connectivity index (χ2v) is 27.2. The summed E-state index contributed by atoms with van der Waals surface area (Å²) in [6.45, 7) is 28.4. The fraction of sp³-hybridized carbons (Fsp3) is 0.785. The minimum atomic E-state index is -1.58. The summed E-state index contributed by atoms with van der Waals surface area (Å²) in [6, 6.07) is -13.9. The number of carboxylic acids is 1. The molecule has 25 heteroatoms. The molecule has 0 saturated carbocycles. The maximum absolute atomic E-state index is 15.2. The number of hydrogen-bond donors (Lipinski definition) is 5. The van der Waals surface area contributed by atoms with E-state index in [2.05, 4.69) is 21.3 Å². The number of nitrogens with one attached hydrogen (secondary N) is 4. The maximum atomic E-state index is 15.2. The van der Waals surface area contributed by atoms with E-state index in [0.717, 1.165) is 9.80 Å². The quantitative estimate of drug-likeness (QED) is 0.115. The molecular weight excluding hydrogens is 1160 g/mol. The normalized spacial score (nSPS) is 26.5. The number of carbonyl (C=O) groups excluding carboxylic acids is 11. The van der Waals surface area contributed by atoms with Crippen molar-refractivity contribution < 1.29 is 67.4 Å². The third kappa shape index (κ3) is 23.5. The molecule has 25 nitrogen and oxygen atoms in total.